The van der Waals surface area contributed by atoms with Gasteiger partial charge in [-0.25, -0.2) is 0 Å². The summed E-state index contributed by atoms with van der Waals surface area (Å²) in [6.45, 7) is 7.17. The highest BCUT2D eigenvalue weighted by atomic mass is 79.9. The van der Waals surface area contributed by atoms with Gasteiger partial charge in [-0.3, -0.25) is 0 Å². The summed E-state index contributed by atoms with van der Waals surface area (Å²) < 4.78 is 6.72. The fourth-order valence-electron chi connectivity index (χ4n) is 1.33. The van der Waals surface area contributed by atoms with Crippen LogP contribution in [-0.2, 0) is 6.42 Å². The third-order valence-corrected chi connectivity index (χ3v) is 3.00. The molecule has 0 bridgehead atoms. The van der Waals surface area contributed by atoms with Gasteiger partial charge in [-0.2, -0.15) is 0 Å². The number of halogens is 1. The van der Waals surface area contributed by atoms with Crippen molar-refractivity contribution >= 4 is 15.9 Å². The molecule has 0 radical (unpaired) electrons. The first-order valence-corrected chi connectivity index (χ1v) is 6.18. The van der Waals surface area contributed by atoms with Crippen molar-refractivity contribution in [2.75, 3.05) is 13.2 Å². The molecule has 0 saturated carbocycles. The molecule has 0 aliphatic rings. The fraction of sp³-hybridized carbons (Fsp3) is 0.385. The lowest BCUT2D eigenvalue weighted by atomic mass is 10.1. The molecule has 0 atom stereocenters. The van der Waals surface area contributed by atoms with Crippen molar-refractivity contribution in [3.63, 3.8) is 0 Å². The van der Waals surface area contributed by atoms with Crippen molar-refractivity contribution in [1.82, 2.24) is 0 Å². The largest absolute Gasteiger partial charge is 0.493 e. The van der Waals surface area contributed by atoms with Gasteiger partial charge in [0.15, 0.2) is 0 Å². The van der Waals surface area contributed by atoms with Gasteiger partial charge in [-0.15, -0.1) is 6.58 Å². The Hall–Kier alpha value is -0.800. The normalized spacial score (nSPS) is 10.2. The summed E-state index contributed by atoms with van der Waals surface area (Å²) in [6.07, 6.45) is 1.75. The number of ether oxygens (including phenoxy) is 1. The maximum atomic E-state index is 5.64. The molecule has 0 saturated heterocycles. The van der Waals surface area contributed by atoms with Crippen LogP contribution in [0.15, 0.2) is 34.8 Å². The predicted octanol–water partition coefficient (Wildman–Crippen LogP) is 3.30. The van der Waals surface area contributed by atoms with E-state index in [-0.39, 0.29) is 0 Å². The standard InChI is InChI=1S/C13H18BrNO/c1-10(2)6-8-16-12-3-4-13(14)11(9-12)5-7-15/h3-4,9H,1,5-8,15H2,2H3. The third kappa shape index (κ3) is 4.37. The molecule has 0 fully saturated rings. The Bertz CT molecular complexity index is 363. The lowest BCUT2D eigenvalue weighted by molar-refractivity contribution is 0.321. The van der Waals surface area contributed by atoms with E-state index in [1.54, 1.807) is 0 Å². The van der Waals surface area contributed by atoms with Crippen LogP contribution < -0.4 is 10.5 Å². The summed E-state index contributed by atoms with van der Waals surface area (Å²) in [7, 11) is 0. The molecule has 1 rings (SSSR count). The second-order valence-corrected chi connectivity index (χ2v) is 4.70. The Morgan fingerprint density at radius 2 is 2.25 bits per heavy atom. The number of hydrogen-bond acceptors (Lipinski definition) is 2. The van der Waals surface area contributed by atoms with Gasteiger partial charge in [0.1, 0.15) is 5.75 Å². The first-order chi connectivity index (χ1) is 7.63. The van der Waals surface area contributed by atoms with E-state index in [0.717, 1.165) is 28.6 Å². The minimum Gasteiger partial charge on any atom is -0.493 e. The van der Waals surface area contributed by atoms with Crippen molar-refractivity contribution in [2.24, 2.45) is 5.73 Å². The summed E-state index contributed by atoms with van der Waals surface area (Å²) in [5.74, 6) is 0.896. The number of benzene rings is 1. The van der Waals surface area contributed by atoms with E-state index in [1.807, 2.05) is 25.1 Å². The highest BCUT2D eigenvalue weighted by Crippen LogP contribution is 2.23. The zero-order valence-electron chi connectivity index (χ0n) is 9.63. The highest BCUT2D eigenvalue weighted by Gasteiger charge is 2.01. The summed E-state index contributed by atoms with van der Waals surface area (Å²) >= 11 is 3.50. The first-order valence-electron chi connectivity index (χ1n) is 5.39. The molecule has 2 nitrogen and oxygen atoms in total. The summed E-state index contributed by atoms with van der Waals surface area (Å²) in [5.41, 5.74) is 7.87. The van der Waals surface area contributed by atoms with Crippen molar-refractivity contribution in [1.29, 1.82) is 0 Å². The molecule has 0 unspecified atom stereocenters. The number of rotatable bonds is 6. The van der Waals surface area contributed by atoms with Gasteiger partial charge >= 0.3 is 0 Å². The molecule has 0 aliphatic heterocycles. The molecule has 0 amide bonds. The Morgan fingerprint density at radius 1 is 1.50 bits per heavy atom. The van der Waals surface area contributed by atoms with E-state index in [9.17, 15) is 0 Å². The molecule has 1 aromatic carbocycles. The fourth-order valence-corrected chi connectivity index (χ4v) is 1.78. The topological polar surface area (TPSA) is 35.2 Å². The zero-order valence-corrected chi connectivity index (χ0v) is 11.2. The smallest absolute Gasteiger partial charge is 0.119 e. The van der Waals surface area contributed by atoms with Crippen LogP contribution in [0.5, 0.6) is 5.75 Å². The summed E-state index contributed by atoms with van der Waals surface area (Å²) in [6, 6.07) is 6.00. The molecular weight excluding hydrogens is 266 g/mol. The van der Waals surface area contributed by atoms with Crippen molar-refractivity contribution < 1.29 is 4.74 Å². The van der Waals surface area contributed by atoms with Crippen LogP contribution in [0, 0.1) is 0 Å². The van der Waals surface area contributed by atoms with Crippen LogP contribution in [0.25, 0.3) is 0 Å². The average molecular weight is 284 g/mol. The van der Waals surface area contributed by atoms with Gasteiger partial charge in [-0.05, 0) is 43.7 Å². The Kier molecular flexibility index (Phi) is 5.56. The SMILES string of the molecule is C=C(C)CCOc1ccc(Br)c(CCN)c1. The zero-order chi connectivity index (χ0) is 12.0. The Labute approximate surface area is 106 Å². The predicted molar refractivity (Wildman–Crippen MR) is 71.8 cm³/mol. The first kappa shape index (κ1) is 13.3. The second kappa shape index (κ2) is 6.71. The van der Waals surface area contributed by atoms with Crippen molar-refractivity contribution in [2.45, 2.75) is 19.8 Å². The summed E-state index contributed by atoms with van der Waals surface area (Å²) in [4.78, 5) is 0. The van der Waals surface area contributed by atoms with Gasteiger partial charge in [0.25, 0.3) is 0 Å². The molecule has 2 N–H and O–H groups in total. The average Bonchev–Trinajstić information content (AvgIpc) is 2.22. The monoisotopic (exact) mass is 283 g/mol. The second-order valence-electron chi connectivity index (χ2n) is 3.85. The van der Waals surface area contributed by atoms with Crippen LogP contribution in [-0.4, -0.2) is 13.2 Å². The van der Waals surface area contributed by atoms with E-state index in [1.165, 1.54) is 5.56 Å². The van der Waals surface area contributed by atoms with Crippen LogP contribution in [0.4, 0.5) is 0 Å². The van der Waals surface area contributed by atoms with Crippen molar-refractivity contribution in [3.05, 3.63) is 40.4 Å². The van der Waals surface area contributed by atoms with Crippen molar-refractivity contribution in [3.8, 4) is 5.75 Å². The van der Waals surface area contributed by atoms with Gasteiger partial charge in [0.05, 0.1) is 6.61 Å². The number of nitrogens with two attached hydrogens (primary N) is 1. The molecule has 88 valence electrons. The van der Waals surface area contributed by atoms with E-state index >= 15 is 0 Å². The third-order valence-electron chi connectivity index (χ3n) is 2.23. The molecule has 1 aromatic rings. The minimum absolute atomic E-state index is 0.647. The van der Waals surface area contributed by atoms with Crippen LogP contribution in [0.3, 0.4) is 0 Å². The Morgan fingerprint density at radius 3 is 2.88 bits per heavy atom. The maximum Gasteiger partial charge on any atom is 0.119 e. The number of hydrogen-bond donors (Lipinski definition) is 1. The summed E-state index contributed by atoms with van der Waals surface area (Å²) in [5, 5.41) is 0. The van der Waals surface area contributed by atoms with Crippen LogP contribution in [0.2, 0.25) is 0 Å². The van der Waals surface area contributed by atoms with E-state index < -0.39 is 0 Å². The van der Waals surface area contributed by atoms with Gasteiger partial charge < -0.3 is 10.5 Å². The molecule has 0 aliphatic carbocycles. The van der Waals surface area contributed by atoms with Gasteiger partial charge in [-0.1, -0.05) is 21.5 Å². The van der Waals surface area contributed by atoms with Gasteiger partial charge in [0, 0.05) is 10.9 Å². The van der Waals surface area contributed by atoms with E-state index in [2.05, 4.69) is 22.5 Å². The van der Waals surface area contributed by atoms with Crippen LogP contribution >= 0.6 is 15.9 Å². The van der Waals surface area contributed by atoms with Gasteiger partial charge in [0.2, 0.25) is 0 Å². The molecule has 0 heterocycles. The molecule has 0 aromatic heterocycles. The van der Waals surface area contributed by atoms with E-state index in [4.69, 9.17) is 10.5 Å². The minimum atomic E-state index is 0.647. The Balaban J connectivity index is 2.60. The lowest BCUT2D eigenvalue weighted by Crippen LogP contribution is -2.04. The van der Waals surface area contributed by atoms with Crippen LogP contribution in [0.1, 0.15) is 18.9 Å². The lowest BCUT2D eigenvalue weighted by Gasteiger charge is -2.09. The molecular formula is C13H18BrNO. The quantitative estimate of drug-likeness (QED) is 0.813. The highest BCUT2D eigenvalue weighted by molar-refractivity contribution is 9.10. The van der Waals surface area contributed by atoms with E-state index in [0.29, 0.717) is 13.2 Å². The molecule has 3 heteroatoms. The molecule has 0 spiro atoms. The maximum absolute atomic E-state index is 5.64. The molecule has 16 heavy (non-hydrogen) atoms.